The average molecular weight is 248 g/mol. The van der Waals surface area contributed by atoms with E-state index in [0.717, 1.165) is 5.56 Å². The summed E-state index contributed by atoms with van der Waals surface area (Å²) in [5, 5.41) is 2.69. The summed E-state index contributed by atoms with van der Waals surface area (Å²) in [4.78, 5) is 13.5. The number of halogens is 1. The second-order valence-corrected chi connectivity index (χ2v) is 4.17. The first-order valence-electron chi connectivity index (χ1n) is 5.69. The van der Waals surface area contributed by atoms with E-state index < -0.39 is 0 Å². The summed E-state index contributed by atoms with van der Waals surface area (Å²) < 4.78 is 12.7. The Kier molecular flexibility index (Phi) is 5.89. The fourth-order valence-electron chi connectivity index (χ4n) is 1.27. The van der Waals surface area contributed by atoms with Gasteiger partial charge in [0, 0.05) is 0 Å². The summed E-state index contributed by atoms with van der Waals surface area (Å²) in [5.41, 5.74) is 0.787. The van der Waals surface area contributed by atoms with E-state index in [1.54, 1.807) is 12.1 Å². The maximum absolute atomic E-state index is 12.7. The highest BCUT2D eigenvalue weighted by atomic mass is 19.1. The standard InChI is InChI=1S/C14H17FN2O/c1-17(2)10-4-3-9-16-14(18)11-12-5-7-13(15)8-6-12/h5-8H,9-11H2,1-2H3,(H,16,18). The highest BCUT2D eigenvalue weighted by Gasteiger charge is 2.01. The maximum Gasteiger partial charge on any atom is 0.225 e. The van der Waals surface area contributed by atoms with Gasteiger partial charge >= 0.3 is 0 Å². The van der Waals surface area contributed by atoms with E-state index in [1.807, 2.05) is 19.0 Å². The van der Waals surface area contributed by atoms with Crippen molar-refractivity contribution in [1.82, 2.24) is 10.2 Å². The molecule has 1 aromatic rings. The van der Waals surface area contributed by atoms with Crippen LogP contribution in [0.2, 0.25) is 0 Å². The lowest BCUT2D eigenvalue weighted by Gasteiger charge is -2.02. The van der Waals surface area contributed by atoms with Crippen LogP contribution in [0.25, 0.3) is 0 Å². The van der Waals surface area contributed by atoms with E-state index >= 15 is 0 Å². The topological polar surface area (TPSA) is 32.3 Å². The molecular weight excluding hydrogens is 231 g/mol. The van der Waals surface area contributed by atoms with Crippen LogP contribution < -0.4 is 5.32 Å². The van der Waals surface area contributed by atoms with Gasteiger partial charge in [0.1, 0.15) is 5.82 Å². The number of carbonyl (C=O) groups is 1. The number of nitrogens with zero attached hydrogens (tertiary/aromatic N) is 1. The highest BCUT2D eigenvalue weighted by Crippen LogP contribution is 2.03. The number of hydrogen-bond acceptors (Lipinski definition) is 2. The van der Waals surface area contributed by atoms with Crippen LogP contribution in [0.15, 0.2) is 24.3 Å². The molecule has 3 nitrogen and oxygen atoms in total. The molecule has 1 amide bonds. The molecule has 96 valence electrons. The highest BCUT2D eigenvalue weighted by molar-refractivity contribution is 5.78. The molecule has 0 unspecified atom stereocenters. The second kappa shape index (κ2) is 7.46. The molecule has 0 aliphatic rings. The normalized spacial score (nSPS) is 9.78. The Morgan fingerprint density at radius 1 is 1.28 bits per heavy atom. The van der Waals surface area contributed by atoms with Crippen LogP contribution in [0.5, 0.6) is 0 Å². The molecule has 0 spiro atoms. The van der Waals surface area contributed by atoms with Gasteiger partial charge in [-0.25, -0.2) is 4.39 Å². The minimum atomic E-state index is -0.297. The average Bonchev–Trinajstić information content (AvgIpc) is 2.31. The molecule has 1 N–H and O–H groups in total. The molecule has 0 aliphatic carbocycles. The lowest BCUT2D eigenvalue weighted by atomic mass is 10.1. The number of hydrogen-bond donors (Lipinski definition) is 1. The third-order valence-corrected chi connectivity index (χ3v) is 2.17. The van der Waals surface area contributed by atoms with Crippen molar-refractivity contribution < 1.29 is 9.18 Å². The quantitative estimate of drug-likeness (QED) is 0.808. The fraction of sp³-hybridized carbons (Fsp3) is 0.357. The molecular formula is C14H17FN2O. The van der Waals surface area contributed by atoms with Crippen LogP contribution >= 0.6 is 0 Å². The minimum absolute atomic E-state index is 0.110. The summed E-state index contributed by atoms with van der Waals surface area (Å²) in [5.74, 6) is 5.37. The molecule has 18 heavy (non-hydrogen) atoms. The maximum atomic E-state index is 12.7. The summed E-state index contributed by atoms with van der Waals surface area (Å²) in [6.45, 7) is 1.02. The van der Waals surface area contributed by atoms with Crippen molar-refractivity contribution in [2.75, 3.05) is 27.2 Å². The van der Waals surface area contributed by atoms with Gasteiger partial charge in [0.05, 0.1) is 19.5 Å². The Hall–Kier alpha value is -1.86. The molecule has 0 saturated carbocycles. The third kappa shape index (κ3) is 6.02. The summed E-state index contributed by atoms with van der Waals surface area (Å²) >= 11 is 0. The van der Waals surface area contributed by atoms with Gasteiger partial charge < -0.3 is 5.32 Å². The number of rotatable bonds is 4. The van der Waals surface area contributed by atoms with Crippen LogP contribution in [-0.2, 0) is 11.2 Å². The van der Waals surface area contributed by atoms with Gasteiger partial charge in [0.15, 0.2) is 0 Å². The smallest absolute Gasteiger partial charge is 0.225 e. The molecule has 0 radical (unpaired) electrons. The van der Waals surface area contributed by atoms with E-state index in [4.69, 9.17) is 0 Å². The van der Waals surface area contributed by atoms with Crippen LogP contribution in [-0.4, -0.2) is 38.0 Å². The molecule has 0 heterocycles. The van der Waals surface area contributed by atoms with Gasteiger partial charge in [0.2, 0.25) is 5.91 Å². The van der Waals surface area contributed by atoms with Crippen molar-refractivity contribution in [2.24, 2.45) is 0 Å². The van der Waals surface area contributed by atoms with Crippen molar-refractivity contribution in [1.29, 1.82) is 0 Å². The van der Waals surface area contributed by atoms with Crippen LogP contribution in [0.4, 0.5) is 4.39 Å². The van der Waals surface area contributed by atoms with Crippen LogP contribution in [0.1, 0.15) is 5.56 Å². The van der Waals surface area contributed by atoms with E-state index in [1.165, 1.54) is 12.1 Å². The summed E-state index contributed by atoms with van der Waals surface area (Å²) in [7, 11) is 3.86. The molecule has 1 aromatic carbocycles. The van der Waals surface area contributed by atoms with Crippen LogP contribution in [0.3, 0.4) is 0 Å². The van der Waals surface area contributed by atoms with Gasteiger partial charge in [-0.1, -0.05) is 24.0 Å². The SMILES string of the molecule is CN(C)CC#CCNC(=O)Cc1ccc(F)cc1. The first-order chi connectivity index (χ1) is 8.58. The molecule has 0 saturated heterocycles. The zero-order chi connectivity index (χ0) is 13.4. The number of carbonyl (C=O) groups excluding carboxylic acids is 1. The molecule has 0 fully saturated rings. The first-order valence-corrected chi connectivity index (χ1v) is 5.69. The van der Waals surface area contributed by atoms with Gasteiger partial charge in [-0.2, -0.15) is 0 Å². The predicted molar refractivity (Wildman–Crippen MR) is 69.4 cm³/mol. The van der Waals surface area contributed by atoms with E-state index in [2.05, 4.69) is 17.2 Å². The van der Waals surface area contributed by atoms with Gasteiger partial charge in [-0.3, -0.25) is 9.69 Å². The van der Waals surface area contributed by atoms with Crippen molar-refractivity contribution >= 4 is 5.91 Å². The van der Waals surface area contributed by atoms with E-state index in [9.17, 15) is 9.18 Å². The van der Waals surface area contributed by atoms with Gasteiger partial charge in [0.25, 0.3) is 0 Å². The largest absolute Gasteiger partial charge is 0.345 e. The Morgan fingerprint density at radius 3 is 2.56 bits per heavy atom. The summed E-state index contributed by atoms with van der Waals surface area (Å²) in [6.07, 6.45) is 0.246. The molecule has 0 aromatic heterocycles. The van der Waals surface area contributed by atoms with Gasteiger partial charge in [-0.15, -0.1) is 0 Å². The summed E-state index contributed by atoms with van der Waals surface area (Å²) in [6, 6.07) is 5.90. The third-order valence-electron chi connectivity index (χ3n) is 2.17. The van der Waals surface area contributed by atoms with Crippen LogP contribution in [0, 0.1) is 17.7 Å². The Bertz CT molecular complexity index is 443. The van der Waals surface area contributed by atoms with E-state index in [-0.39, 0.29) is 18.1 Å². The predicted octanol–water partition coefficient (Wildman–Crippen LogP) is 1.05. The van der Waals surface area contributed by atoms with Crippen molar-refractivity contribution in [3.05, 3.63) is 35.6 Å². The first kappa shape index (κ1) is 14.2. The second-order valence-electron chi connectivity index (χ2n) is 4.17. The van der Waals surface area contributed by atoms with E-state index in [0.29, 0.717) is 13.1 Å². The molecule has 0 atom stereocenters. The zero-order valence-corrected chi connectivity index (χ0v) is 10.7. The van der Waals surface area contributed by atoms with Crippen molar-refractivity contribution in [3.8, 4) is 11.8 Å². The number of amides is 1. The fourth-order valence-corrected chi connectivity index (χ4v) is 1.27. The molecule has 1 rings (SSSR count). The number of benzene rings is 1. The lowest BCUT2D eigenvalue weighted by molar-refractivity contribution is -0.120. The lowest BCUT2D eigenvalue weighted by Crippen LogP contribution is -2.25. The molecule has 4 heteroatoms. The molecule has 0 bridgehead atoms. The monoisotopic (exact) mass is 248 g/mol. The Morgan fingerprint density at radius 2 is 1.94 bits per heavy atom. The Labute approximate surface area is 107 Å². The van der Waals surface area contributed by atoms with Gasteiger partial charge in [-0.05, 0) is 31.8 Å². The zero-order valence-electron chi connectivity index (χ0n) is 10.7. The Balaban J connectivity index is 2.29. The number of nitrogens with one attached hydrogen (secondary N) is 1. The molecule has 0 aliphatic heterocycles. The minimum Gasteiger partial charge on any atom is -0.345 e. The van der Waals surface area contributed by atoms with Crippen molar-refractivity contribution in [2.45, 2.75) is 6.42 Å². The van der Waals surface area contributed by atoms with Crippen molar-refractivity contribution in [3.63, 3.8) is 0 Å².